The molecule has 0 saturated carbocycles. The van der Waals surface area contributed by atoms with Gasteiger partial charge in [0.15, 0.2) is 12.4 Å². The zero-order valence-corrected chi connectivity index (χ0v) is 10.8. The van der Waals surface area contributed by atoms with Crippen molar-refractivity contribution in [2.24, 2.45) is 7.05 Å². The number of pyridine rings is 1. The van der Waals surface area contributed by atoms with Crippen LogP contribution in [0.2, 0.25) is 0 Å². The van der Waals surface area contributed by atoms with Crippen LogP contribution in [0.1, 0.15) is 0 Å². The quantitative estimate of drug-likeness (QED) is 0.658. The third kappa shape index (κ3) is 2.15. The van der Waals surface area contributed by atoms with E-state index in [1.165, 1.54) is 0 Å². The van der Waals surface area contributed by atoms with Crippen molar-refractivity contribution >= 4 is 11.3 Å². The zero-order valence-electron chi connectivity index (χ0n) is 9.95. The molecule has 0 atom stereocenters. The van der Waals surface area contributed by atoms with E-state index in [1.54, 1.807) is 11.3 Å². The minimum atomic E-state index is 0.953. The molecule has 3 rings (SSSR count). The number of aryl methyl sites for hydroxylation is 1. The van der Waals surface area contributed by atoms with Gasteiger partial charge in [0, 0.05) is 23.3 Å². The maximum atomic E-state index is 4.25. The monoisotopic (exact) mass is 254 g/mol. The zero-order chi connectivity index (χ0) is 12.4. The molecule has 0 fully saturated rings. The lowest BCUT2D eigenvalue weighted by atomic mass is 10.2. The molecule has 0 aliphatic rings. The molecule has 0 spiro atoms. The Morgan fingerprint density at radius 3 is 2.00 bits per heavy atom. The lowest BCUT2D eigenvalue weighted by Crippen LogP contribution is -2.25. The maximum absolute atomic E-state index is 4.25. The van der Waals surface area contributed by atoms with Crippen LogP contribution >= 0.6 is 11.3 Å². The Hall–Kier alpha value is -2.07. The molecule has 88 valence electrons. The Labute approximate surface area is 109 Å². The predicted molar refractivity (Wildman–Crippen MR) is 72.0 cm³/mol. The molecular weight excluding hydrogens is 242 g/mol. The van der Waals surface area contributed by atoms with Gasteiger partial charge in [-0.05, 0) is 0 Å². The molecule has 0 saturated heterocycles. The third-order valence-electron chi connectivity index (χ3n) is 2.67. The van der Waals surface area contributed by atoms with E-state index in [0.29, 0.717) is 0 Å². The fourth-order valence-corrected chi connectivity index (χ4v) is 2.54. The number of hydrogen-bond acceptors (Lipinski definition) is 3. The Bertz CT molecular complexity index is 644. The molecule has 0 aliphatic carbocycles. The van der Waals surface area contributed by atoms with Crippen LogP contribution in [-0.2, 0) is 7.05 Å². The minimum Gasteiger partial charge on any atom is -0.208 e. The summed E-state index contributed by atoms with van der Waals surface area (Å²) in [6.45, 7) is 0. The Balaban J connectivity index is 1.97. The van der Waals surface area contributed by atoms with Crippen LogP contribution in [0.5, 0.6) is 0 Å². The largest absolute Gasteiger partial charge is 0.208 e. The van der Waals surface area contributed by atoms with Crippen LogP contribution in [0.4, 0.5) is 0 Å². The second-order valence-corrected chi connectivity index (χ2v) is 5.01. The van der Waals surface area contributed by atoms with Crippen LogP contribution in [0, 0.1) is 0 Å². The van der Waals surface area contributed by atoms with E-state index in [2.05, 4.69) is 34.5 Å². The van der Waals surface area contributed by atoms with Crippen LogP contribution in [-0.4, -0.2) is 10.2 Å². The average molecular weight is 254 g/mol. The van der Waals surface area contributed by atoms with E-state index >= 15 is 0 Å². The second kappa shape index (κ2) is 4.66. The summed E-state index contributed by atoms with van der Waals surface area (Å²) in [7, 11) is 2.00. The average Bonchev–Trinajstić information content (AvgIpc) is 2.90. The van der Waals surface area contributed by atoms with E-state index in [0.717, 1.165) is 21.1 Å². The highest BCUT2D eigenvalue weighted by molar-refractivity contribution is 7.17. The lowest BCUT2D eigenvalue weighted by Gasteiger charge is -1.93. The van der Waals surface area contributed by atoms with Gasteiger partial charge in [0.2, 0.25) is 0 Å². The Kier molecular flexibility index (Phi) is 2.86. The first-order valence-electron chi connectivity index (χ1n) is 5.67. The summed E-state index contributed by atoms with van der Waals surface area (Å²) in [6.07, 6.45) is 4.03. The highest BCUT2D eigenvalue weighted by Crippen LogP contribution is 2.28. The van der Waals surface area contributed by atoms with Gasteiger partial charge in [0.1, 0.15) is 17.1 Å². The summed E-state index contributed by atoms with van der Waals surface area (Å²) >= 11 is 1.61. The van der Waals surface area contributed by atoms with Crippen molar-refractivity contribution in [2.75, 3.05) is 0 Å². The van der Waals surface area contributed by atoms with Gasteiger partial charge in [-0.1, -0.05) is 41.7 Å². The molecule has 2 aromatic heterocycles. The summed E-state index contributed by atoms with van der Waals surface area (Å²) in [6, 6.07) is 14.2. The van der Waals surface area contributed by atoms with Crippen molar-refractivity contribution in [1.82, 2.24) is 10.2 Å². The normalized spacial score (nSPS) is 10.5. The van der Waals surface area contributed by atoms with E-state index in [1.807, 2.05) is 42.2 Å². The van der Waals surface area contributed by atoms with E-state index in [9.17, 15) is 0 Å². The summed E-state index contributed by atoms with van der Waals surface area (Å²) in [5.41, 5.74) is 2.22. The molecule has 18 heavy (non-hydrogen) atoms. The fraction of sp³-hybridized carbons (Fsp3) is 0.0714. The van der Waals surface area contributed by atoms with Crippen molar-refractivity contribution < 1.29 is 4.57 Å². The van der Waals surface area contributed by atoms with Gasteiger partial charge in [-0.25, -0.2) is 4.57 Å². The van der Waals surface area contributed by atoms with Crippen molar-refractivity contribution in [3.63, 3.8) is 0 Å². The molecule has 0 N–H and O–H groups in total. The highest BCUT2D eigenvalue weighted by Gasteiger charge is 2.08. The first kappa shape index (κ1) is 11.0. The fourth-order valence-electron chi connectivity index (χ4n) is 1.68. The van der Waals surface area contributed by atoms with Gasteiger partial charge in [-0.2, -0.15) is 0 Å². The van der Waals surface area contributed by atoms with Crippen molar-refractivity contribution in [3.05, 3.63) is 54.9 Å². The van der Waals surface area contributed by atoms with Crippen LogP contribution in [0.3, 0.4) is 0 Å². The summed E-state index contributed by atoms with van der Waals surface area (Å²) in [5, 5.41) is 10.4. The van der Waals surface area contributed by atoms with E-state index < -0.39 is 0 Å². The van der Waals surface area contributed by atoms with Gasteiger partial charge in [-0.15, -0.1) is 10.2 Å². The number of benzene rings is 1. The number of rotatable bonds is 2. The lowest BCUT2D eigenvalue weighted by molar-refractivity contribution is -0.671. The molecule has 1 aromatic carbocycles. The van der Waals surface area contributed by atoms with E-state index in [4.69, 9.17) is 0 Å². The van der Waals surface area contributed by atoms with Crippen LogP contribution in [0.25, 0.3) is 21.1 Å². The first-order valence-corrected chi connectivity index (χ1v) is 6.49. The minimum absolute atomic E-state index is 0.953. The van der Waals surface area contributed by atoms with Gasteiger partial charge < -0.3 is 0 Å². The second-order valence-electron chi connectivity index (χ2n) is 4.03. The molecule has 3 aromatic rings. The van der Waals surface area contributed by atoms with Gasteiger partial charge in [-0.3, -0.25) is 0 Å². The molecule has 4 heteroatoms. The number of nitrogens with zero attached hydrogens (tertiary/aromatic N) is 3. The van der Waals surface area contributed by atoms with Crippen LogP contribution in [0.15, 0.2) is 54.9 Å². The van der Waals surface area contributed by atoms with Gasteiger partial charge in [0.05, 0.1) is 0 Å². The molecule has 2 heterocycles. The summed E-state index contributed by atoms with van der Waals surface area (Å²) < 4.78 is 2.00. The Morgan fingerprint density at radius 1 is 0.833 bits per heavy atom. The topological polar surface area (TPSA) is 29.7 Å². The Morgan fingerprint density at radius 2 is 1.39 bits per heavy atom. The smallest absolute Gasteiger partial charge is 0.169 e. The number of hydrogen-bond donors (Lipinski definition) is 0. The molecule has 3 nitrogen and oxygen atoms in total. The highest BCUT2D eigenvalue weighted by atomic mass is 32.1. The standard InChI is InChI=1S/C14H12N3S/c1-17-9-7-12(8-10-17)14-16-15-13(18-14)11-5-3-2-4-6-11/h2-10H,1H3/q+1. The van der Waals surface area contributed by atoms with Gasteiger partial charge >= 0.3 is 0 Å². The predicted octanol–water partition coefficient (Wildman–Crippen LogP) is 2.70. The molecule has 0 aliphatic heterocycles. The summed E-state index contributed by atoms with van der Waals surface area (Å²) in [5.74, 6) is 0. The van der Waals surface area contributed by atoms with Crippen LogP contribution < -0.4 is 4.57 Å². The maximum Gasteiger partial charge on any atom is 0.169 e. The van der Waals surface area contributed by atoms with E-state index in [-0.39, 0.29) is 0 Å². The molecular formula is C14H12N3S+. The molecule has 0 radical (unpaired) electrons. The van der Waals surface area contributed by atoms with Crippen molar-refractivity contribution in [3.8, 4) is 21.1 Å². The van der Waals surface area contributed by atoms with Crippen molar-refractivity contribution in [2.45, 2.75) is 0 Å². The van der Waals surface area contributed by atoms with Gasteiger partial charge in [0.25, 0.3) is 0 Å². The molecule has 0 amide bonds. The SMILES string of the molecule is C[n+]1ccc(-c2nnc(-c3ccccc3)s2)cc1. The third-order valence-corrected chi connectivity index (χ3v) is 3.69. The summed E-state index contributed by atoms with van der Waals surface area (Å²) in [4.78, 5) is 0. The molecule has 0 bridgehead atoms. The van der Waals surface area contributed by atoms with Crippen molar-refractivity contribution in [1.29, 1.82) is 0 Å². The first-order chi connectivity index (χ1) is 8.83. The molecule has 0 unspecified atom stereocenters. The number of aromatic nitrogens is 3.